The van der Waals surface area contributed by atoms with Crippen molar-refractivity contribution in [3.63, 3.8) is 0 Å². The molecule has 1 amide bonds. The van der Waals surface area contributed by atoms with Gasteiger partial charge in [0.1, 0.15) is 11.9 Å². The highest BCUT2D eigenvalue weighted by Gasteiger charge is 2.29. The summed E-state index contributed by atoms with van der Waals surface area (Å²) >= 11 is 0. The van der Waals surface area contributed by atoms with Crippen LogP contribution < -0.4 is 9.62 Å². The second-order valence-corrected chi connectivity index (χ2v) is 9.95. The number of likely N-dealkylation sites (tertiary alicyclic amines) is 1. The minimum atomic E-state index is -3.74. The molecule has 0 aliphatic carbocycles. The van der Waals surface area contributed by atoms with Crippen LogP contribution in [0.1, 0.15) is 37.3 Å². The average Bonchev–Trinajstić information content (AvgIpc) is 2.73. The predicted molar refractivity (Wildman–Crippen MR) is 121 cm³/mol. The lowest BCUT2D eigenvalue weighted by molar-refractivity contribution is -0.122. The zero-order chi connectivity index (χ0) is 22.4. The van der Waals surface area contributed by atoms with Crippen LogP contribution >= 0.6 is 0 Å². The number of carbonyl (C=O) groups excluding carboxylic acids is 1. The molecule has 0 bridgehead atoms. The molecular weight excluding hydrogens is 417 g/mol. The number of nitrogens with one attached hydrogen (secondary N) is 1. The van der Waals surface area contributed by atoms with Gasteiger partial charge in [-0.3, -0.25) is 14.0 Å². The molecule has 3 rings (SSSR count). The van der Waals surface area contributed by atoms with E-state index >= 15 is 0 Å². The fourth-order valence-electron chi connectivity index (χ4n) is 3.95. The van der Waals surface area contributed by atoms with E-state index in [0.29, 0.717) is 6.54 Å². The Bertz CT molecular complexity index is 989. The third-order valence-electron chi connectivity index (χ3n) is 5.48. The summed E-state index contributed by atoms with van der Waals surface area (Å²) in [6, 6.07) is 12.2. The van der Waals surface area contributed by atoms with Gasteiger partial charge in [0.15, 0.2) is 0 Å². The maximum absolute atomic E-state index is 13.2. The van der Waals surface area contributed by atoms with Gasteiger partial charge in [-0.15, -0.1) is 0 Å². The Morgan fingerprint density at radius 1 is 1.10 bits per heavy atom. The summed E-state index contributed by atoms with van der Waals surface area (Å²) in [5.41, 5.74) is 2.41. The van der Waals surface area contributed by atoms with E-state index in [1.54, 1.807) is 0 Å². The Balaban J connectivity index is 1.64. The van der Waals surface area contributed by atoms with Crippen molar-refractivity contribution >= 4 is 21.6 Å². The van der Waals surface area contributed by atoms with Crippen LogP contribution in [0.2, 0.25) is 0 Å². The van der Waals surface area contributed by atoms with E-state index in [9.17, 15) is 17.6 Å². The second kappa shape index (κ2) is 10.2. The van der Waals surface area contributed by atoms with Crippen LogP contribution in [0.15, 0.2) is 48.5 Å². The number of hydrogen-bond acceptors (Lipinski definition) is 4. The summed E-state index contributed by atoms with van der Waals surface area (Å²) < 4.78 is 38.9. The molecular formula is C23H30FN3O3S. The van der Waals surface area contributed by atoms with E-state index in [1.807, 2.05) is 12.1 Å². The minimum absolute atomic E-state index is 0.245. The smallest absolute Gasteiger partial charge is 0.243 e. The van der Waals surface area contributed by atoms with Crippen molar-refractivity contribution in [2.45, 2.75) is 45.3 Å². The normalized spacial score (nSPS) is 16.0. The SMILES string of the molecule is C[C@H](C(=O)NCc1cccc(CN2CCCCC2)c1)N(c1ccc(F)cc1)S(C)(=O)=O. The van der Waals surface area contributed by atoms with Gasteiger partial charge in [0.25, 0.3) is 0 Å². The molecule has 0 unspecified atom stereocenters. The molecule has 0 aromatic heterocycles. The summed E-state index contributed by atoms with van der Waals surface area (Å²) in [4.78, 5) is 15.2. The first kappa shape index (κ1) is 23.2. The lowest BCUT2D eigenvalue weighted by atomic mass is 10.1. The average molecular weight is 448 g/mol. The standard InChI is InChI=1S/C23H30FN3O3S/c1-18(27(31(2,29)30)22-11-9-21(24)10-12-22)23(28)25-16-19-7-6-8-20(15-19)17-26-13-4-3-5-14-26/h6-12,15,18H,3-5,13-14,16-17H2,1-2H3,(H,25,28)/t18-/m1/s1. The van der Waals surface area contributed by atoms with Crippen molar-refractivity contribution < 1.29 is 17.6 Å². The summed E-state index contributed by atoms with van der Waals surface area (Å²) in [7, 11) is -3.74. The molecule has 1 atom stereocenters. The highest BCUT2D eigenvalue weighted by atomic mass is 32.2. The number of sulfonamides is 1. The molecule has 168 valence electrons. The molecule has 1 aliphatic heterocycles. The van der Waals surface area contributed by atoms with Gasteiger partial charge in [-0.05, 0) is 68.2 Å². The second-order valence-electron chi connectivity index (χ2n) is 8.09. The Morgan fingerprint density at radius 2 is 1.74 bits per heavy atom. The first-order chi connectivity index (χ1) is 14.7. The van der Waals surface area contributed by atoms with Crippen molar-refractivity contribution in [3.05, 3.63) is 65.5 Å². The molecule has 2 aromatic carbocycles. The predicted octanol–water partition coefficient (Wildman–Crippen LogP) is 3.28. The third kappa shape index (κ3) is 6.51. The fourth-order valence-corrected chi connectivity index (χ4v) is 5.12. The Kier molecular flexibility index (Phi) is 7.67. The molecule has 31 heavy (non-hydrogen) atoms. The van der Waals surface area contributed by atoms with Gasteiger partial charge >= 0.3 is 0 Å². The van der Waals surface area contributed by atoms with Crippen LogP contribution in [-0.2, 0) is 27.9 Å². The van der Waals surface area contributed by atoms with Crippen molar-refractivity contribution in [2.24, 2.45) is 0 Å². The summed E-state index contributed by atoms with van der Waals surface area (Å²) in [5, 5.41) is 2.83. The van der Waals surface area contributed by atoms with E-state index in [4.69, 9.17) is 0 Å². The van der Waals surface area contributed by atoms with E-state index in [1.165, 1.54) is 56.0 Å². The maximum Gasteiger partial charge on any atom is 0.243 e. The van der Waals surface area contributed by atoms with Gasteiger partial charge in [-0.2, -0.15) is 0 Å². The fraction of sp³-hybridized carbons (Fsp3) is 0.435. The van der Waals surface area contributed by atoms with Crippen LogP contribution in [0.4, 0.5) is 10.1 Å². The van der Waals surface area contributed by atoms with Crippen LogP contribution in [0, 0.1) is 5.82 Å². The summed E-state index contributed by atoms with van der Waals surface area (Å²) in [6.07, 6.45) is 4.80. The molecule has 1 heterocycles. The van der Waals surface area contributed by atoms with Gasteiger partial charge in [-0.1, -0.05) is 30.7 Å². The molecule has 1 N–H and O–H groups in total. The van der Waals surface area contributed by atoms with Gasteiger partial charge in [0.2, 0.25) is 15.9 Å². The number of benzene rings is 2. The Hall–Kier alpha value is -2.45. The molecule has 6 nitrogen and oxygen atoms in total. The van der Waals surface area contributed by atoms with Crippen molar-refractivity contribution in [2.75, 3.05) is 23.7 Å². The van der Waals surface area contributed by atoms with Crippen molar-refractivity contribution in [1.29, 1.82) is 0 Å². The van der Waals surface area contributed by atoms with E-state index < -0.39 is 27.8 Å². The van der Waals surface area contributed by atoms with E-state index in [2.05, 4.69) is 22.3 Å². The van der Waals surface area contributed by atoms with Crippen molar-refractivity contribution in [3.8, 4) is 0 Å². The number of anilines is 1. The number of amides is 1. The lowest BCUT2D eigenvalue weighted by Gasteiger charge is -2.28. The Morgan fingerprint density at radius 3 is 2.39 bits per heavy atom. The molecule has 1 fully saturated rings. The molecule has 1 saturated heterocycles. The first-order valence-corrected chi connectivity index (χ1v) is 12.4. The highest BCUT2D eigenvalue weighted by Crippen LogP contribution is 2.21. The monoisotopic (exact) mass is 447 g/mol. The number of nitrogens with zero attached hydrogens (tertiary/aromatic N) is 2. The van der Waals surface area contributed by atoms with Crippen LogP contribution in [0.25, 0.3) is 0 Å². The summed E-state index contributed by atoms with van der Waals surface area (Å²) in [5.74, 6) is -0.894. The zero-order valence-electron chi connectivity index (χ0n) is 18.1. The van der Waals surface area contributed by atoms with Gasteiger partial charge in [0.05, 0.1) is 11.9 Å². The van der Waals surface area contributed by atoms with E-state index in [-0.39, 0.29) is 5.69 Å². The highest BCUT2D eigenvalue weighted by molar-refractivity contribution is 7.92. The quantitative estimate of drug-likeness (QED) is 0.674. The van der Waals surface area contributed by atoms with Crippen LogP contribution in [0.3, 0.4) is 0 Å². The van der Waals surface area contributed by atoms with Gasteiger partial charge < -0.3 is 5.32 Å². The van der Waals surface area contributed by atoms with E-state index in [0.717, 1.165) is 35.8 Å². The van der Waals surface area contributed by atoms with Crippen LogP contribution in [0.5, 0.6) is 0 Å². The molecule has 0 radical (unpaired) electrons. The number of carbonyl (C=O) groups is 1. The zero-order valence-corrected chi connectivity index (χ0v) is 18.9. The number of rotatable bonds is 8. The molecule has 0 saturated carbocycles. The summed E-state index contributed by atoms with van der Waals surface area (Å²) in [6.45, 7) is 4.95. The Labute approximate surface area is 184 Å². The largest absolute Gasteiger partial charge is 0.350 e. The lowest BCUT2D eigenvalue weighted by Crippen LogP contribution is -2.47. The van der Waals surface area contributed by atoms with Crippen molar-refractivity contribution in [1.82, 2.24) is 10.2 Å². The molecule has 8 heteroatoms. The van der Waals surface area contributed by atoms with Crippen LogP contribution in [-0.4, -0.2) is 44.6 Å². The first-order valence-electron chi connectivity index (χ1n) is 10.6. The molecule has 2 aromatic rings. The number of halogens is 1. The maximum atomic E-state index is 13.2. The molecule has 1 aliphatic rings. The number of piperidine rings is 1. The minimum Gasteiger partial charge on any atom is -0.350 e. The molecule has 0 spiro atoms. The van der Waals surface area contributed by atoms with Gasteiger partial charge in [-0.25, -0.2) is 12.8 Å². The third-order valence-corrected chi connectivity index (χ3v) is 6.72. The topological polar surface area (TPSA) is 69.7 Å². The van der Waals surface area contributed by atoms with Gasteiger partial charge in [0, 0.05) is 13.1 Å². The number of hydrogen-bond donors (Lipinski definition) is 1.